The van der Waals surface area contributed by atoms with Crippen molar-refractivity contribution in [2.24, 2.45) is 0 Å². The largest absolute Gasteiger partial charge is 0.416 e. The third-order valence-electron chi connectivity index (χ3n) is 2.77. The van der Waals surface area contributed by atoms with E-state index in [2.05, 4.69) is 0 Å². The SMILES string of the molecule is Fc1cc(C(F)F)ccc1-c1ccc(C(F)(F)F)cc1. The van der Waals surface area contributed by atoms with Gasteiger partial charge in [0.25, 0.3) is 6.43 Å². The number of benzene rings is 2. The first-order chi connectivity index (χ1) is 9.29. The zero-order chi connectivity index (χ0) is 14.9. The molecule has 0 bridgehead atoms. The van der Waals surface area contributed by atoms with Crippen molar-refractivity contribution in [2.45, 2.75) is 12.6 Å². The highest BCUT2D eigenvalue weighted by molar-refractivity contribution is 5.65. The van der Waals surface area contributed by atoms with Crippen LogP contribution in [0.4, 0.5) is 26.3 Å². The van der Waals surface area contributed by atoms with Crippen LogP contribution in [0.25, 0.3) is 11.1 Å². The fraction of sp³-hybridized carbons (Fsp3) is 0.143. The molecule has 0 saturated carbocycles. The summed E-state index contributed by atoms with van der Waals surface area (Å²) in [5.41, 5.74) is -1.16. The summed E-state index contributed by atoms with van der Waals surface area (Å²) in [7, 11) is 0. The first kappa shape index (κ1) is 14.4. The van der Waals surface area contributed by atoms with Gasteiger partial charge in [-0.15, -0.1) is 0 Å². The van der Waals surface area contributed by atoms with Gasteiger partial charge >= 0.3 is 6.18 Å². The maximum Gasteiger partial charge on any atom is 0.416 e. The molecule has 6 heteroatoms. The monoisotopic (exact) mass is 290 g/mol. The average molecular weight is 290 g/mol. The van der Waals surface area contributed by atoms with Gasteiger partial charge in [0.05, 0.1) is 5.56 Å². The Bertz CT molecular complexity index is 598. The molecule has 20 heavy (non-hydrogen) atoms. The normalized spacial score (nSPS) is 11.9. The summed E-state index contributed by atoms with van der Waals surface area (Å²) < 4.78 is 75.6. The molecule has 2 rings (SSSR count). The lowest BCUT2D eigenvalue weighted by molar-refractivity contribution is -0.137. The quantitative estimate of drug-likeness (QED) is 0.645. The van der Waals surface area contributed by atoms with Crippen molar-refractivity contribution in [3.05, 3.63) is 59.4 Å². The molecule has 0 aliphatic rings. The summed E-state index contributed by atoms with van der Waals surface area (Å²) in [6.07, 6.45) is -7.28. The molecule has 0 fully saturated rings. The summed E-state index contributed by atoms with van der Waals surface area (Å²) in [5.74, 6) is -0.900. The van der Waals surface area contributed by atoms with E-state index >= 15 is 0 Å². The fourth-order valence-corrected chi connectivity index (χ4v) is 1.74. The van der Waals surface area contributed by atoms with Crippen LogP contribution in [0.1, 0.15) is 17.6 Å². The molecule has 0 nitrogen and oxygen atoms in total. The molecule has 0 N–H and O–H groups in total. The van der Waals surface area contributed by atoms with Gasteiger partial charge in [-0.25, -0.2) is 13.2 Å². The highest BCUT2D eigenvalue weighted by Gasteiger charge is 2.30. The Kier molecular flexibility index (Phi) is 3.74. The van der Waals surface area contributed by atoms with Gasteiger partial charge in [-0.05, 0) is 23.8 Å². The smallest absolute Gasteiger partial charge is 0.206 e. The average Bonchev–Trinajstić information content (AvgIpc) is 2.37. The van der Waals surface area contributed by atoms with E-state index < -0.39 is 29.5 Å². The van der Waals surface area contributed by atoms with E-state index in [0.717, 1.165) is 36.4 Å². The highest BCUT2D eigenvalue weighted by Crippen LogP contribution is 2.32. The van der Waals surface area contributed by atoms with E-state index in [-0.39, 0.29) is 11.1 Å². The van der Waals surface area contributed by atoms with Crippen molar-refractivity contribution >= 4 is 0 Å². The molecule has 2 aromatic carbocycles. The second kappa shape index (κ2) is 5.19. The van der Waals surface area contributed by atoms with E-state index in [1.54, 1.807) is 0 Å². The second-order valence-electron chi connectivity index (χ2n) is 4.12. The van der Waals surface area contributed by atoms with Crippen LogP contribution in [0.2, 0.25) is 0 Å². The van der Waals surface area contributed by atoms with Crippen molar-refractivity contribution in [1.82, 2.24) is 0 Å². The first-order valence-corrected chi connectivity index (χ1v) is 5.54. The Morgan fingerprint density at radius 1 is 0.850 bits per heavy atom. The summed E-state index contributed by atoms with van der Waals surface area (Å²) in [6, 6.07) is 6.68. The van der Waals surface area contributed by atoms with E-state index in [0.29, 0.717) is 6.07 Å². The van der Waals surface area contributed by atoms with Crippen molar-refractivity contribution in [3.63, 3.8) is 0 Å². The molecule has 0 unspecified atom stereocenters. The van der Waals surface area contributed by atoms with Crippen LogP contribution < -0.4 is 0 Å². The highest BCUT2D eigenvalue weighted by atomic mass is 19.4. The van der Waals surface area contributed by atoms with E-state index in [9.17, 15) is 26.3 Å². The molecule has 0 atom stereocenters. The molecular formula is C14H8F6. The lowest BCUT2D eigenvalue weighted by Gasteiger charge is -2.09. The van der Waals surface area contributed by atoms with Gasteiger partial charge in [-0.1, -0.05) is 24.3 Å². The lowest BCUT2D eigenvalue weighted by atomic mass is 10.0. The fourth-order valence-electron chi connectivity index (χ4n) is 1.74. The standard InChI is InChI=1S/C14H8F6/c15-12-7-9(13(16)17)3-6-11(12)8-1-4-10(5-2-8)14(18,19)20/h1-7,13H. The summed E-state index contributed by atoms with van der Waals surface area (Å²) >= 11 is 0. The summed E-state index contributed by atoms with van der Waals surface area (Å²) in [4.78, 5) is 0. The van der Waals surface area contributed by atoms with Crippen molar-refractivity contribution in [2.75, 3.05) is 0 Å². The molecule has 0 aliphatic carbocycles. The van der Waals surface area contributed by atoms with Crippen LogP contribution in [0, 0.1) is 5.82 Å². The third kappa shape index (κ3) is 2.95. The maximum atomic E-state index is 13.7. The minimum absolute atomic E-state index is 0.0249. The predicted molar refractivity (Wildman–Crippen MR) is 61.8 cm³/mol. The van der Waals surface area contributed by atoms with Gasteiger partial charge in [0, 0.05) is 11.1 Å². The minimum Gasteiger partial charge on any atom is -0.206 e. The molecule has 0 saturated heterocycles. The molecule has 0 aliphatic heterocycles. The van der Waals surface area contributed by atoms with E-state index in [1.807, 2.05) is 0 Å². The maximum absolute atomic E-state index is 13.7. The first-order valence-electron chi connectivity index (χ1n) is 5.54. The van der Waals surface area contributed by atoms with E-state index in [4.69, 9.17) is 0 Å². The third-order valence-corrected chi connectivity index (χ3v) is 2.77. The van der Waals surface area contributed by atoms with Gasteiger partial charge in [0.2, 0.25) is 0 Å². The Hall–Kier alpha value is -1.98. The van der Waals surface area contributed by atoms with Crippen molar-refractivity contribution in [1.29, 1.82) is 0 Å². The second-order valence-corrected chi connectivity index (χ2v) is 4.12. The van der Waals surface area contributed by atoms with Crippen molar-refractivity contribution < 1.29 is 26.3 Å². The van der Waals surface area contributed by atoms with Crippen LogP contribution in [0.15, 0.2) is 42.5 Å². The topological polar surface area (TPSA) is 0 Å². The molecule has 0 amide bonds. The molecule has 0 radical (unpaired) electrons. The van der Waals surface area contributed by atoms with Crippen LogP contribution >= 0.6 is 0 Å². The number of halogens is 6. The number of hydrogen-bond acceptors (Lipinski definition) is 0. The number of rotatable bonds is 2. The number of hydrogen-bond donors (Lipinski definition) is 0. The molecule has 0 heterocycles. The van der Waals surface area contributed by atoms with Crippen LogP contribution in [0.5, 0.6) is 0 Å². The number of alkyl halides is 5. The van der Waals surface area contributed by atoms with Crippen LogP contribution in [-0.2, 0) is 6.18 Å². The minimum atomic E-state index is -4.48. The Morgan fingerprint density at radius 3 is 1.90 bits per heavy atom. The van der Waals surface area contributed by atoms with E-state index in [1.165, 1.54) is 0 Å². The Morgan fingerprint density at radius 2 is 1.45 bits per heavy atom. The summed E-state index contributed by atoms with van der Waals surface area (Å²) in [6.45, 7) is 0. The van der Waals surface area contributed by atoms with Gasteiger partial charge in [0.1, 0.15) is 5.82 Å². The van der Waals surface area contributed by atoms with Gasteiger partial charge in [-0.2, -0.15) is 13.2 Å². The molecule has 0 spiro atoms. The summed E-state index contributed by atoms with van der Waals surface area (Å²) in [5, 5.41) is 0. The zero-order valence-electron chi connectivity index (χ0n) is 9.89. The Labute approximate surface area is 110 Å². The molecule has 106 valence electrons. The van der Waals surface area contributed by atoms with Gasteiger partial charge in [-0.3, -0.25) is 0 Å². The lowest BCUT2D eigenvalue weighted by Crippen LogP contribution is -2.04. The van der Waals surface area contributed by atoms with Gasteiger partial charge < -0.3 is 0 Å². The van der Waals surface area contributed by atoms with Crippen molar-refractivity contribution in [3.8, 4) is 11.1 Å². The van der Waals surface area contributed by atoms with Crippen LogP contribution in [-0.4, -0.2) is 0 Å². The van der Waals surface area contributed by atoms with Crippen LogP contribution in [0.3, 0.4) is 0 Å². The van der Waals surface area contributed by atoms with Gasteiger partial charge in [0.15, 0.2) is 0 Å². The molecule has 2 aromatic rings. The molecular weight excluding hydrogens is 282 g/mol. The molecule has 0 aromatic heterocycles. The predicted octanol–water partition coefficient (Wildman–Crippen LogP) is 5.45. The zero-order valence-corrected chi connectivity index (χ0v) is 9.89. The Balaban J connectivity index is 2.37.